The van der Waals surface area contributed by atoms with Crippen LogP contribution in [0, 0.1) is 11.8 Å². The summed E-state index contributed by atoms with van der Waals surface area (Å²) >= 11 is 4.64. The van der Waals surface area contributed by atoms with Crippen LogP contribution in [0.5, 0.6) is 0 Å². The second-order valence-electron chi connectivity index (χ2n) is 5.10. The predicted octanol–water partition coefficient (Wildman–Crippen LogP) is 5.35. The molecular formula is C20H14NPS. The first-order valence-electron chi connectivity index (χ1n) is 7.21. The Bertz CT molecular complexity index is 958. The topological polar surface area (TPSA) is 12.4 Å². The van der Waals surface area contributed by atoms with E-state index in [1.165, 1.54) is 5.56 Å². The van der Waals surface area contributed by atoms with Gasteiger partial charge in [-0.25, -0.2) is 0 Å². The molecule has 0 amide bonds. The highest BCUT2D eigenvalue weighted by Crippen LogP contribution is 2.22. The molecule has 110 valence electrons. The lowest BCUT2D eigenvalue weighted by atomic mass is 10.1. The van der Waals surface area contributed by atoms with E-state index in [0.717, 1.165) is 33.7 Å². The molecule has 0 aliphatic rings. The zero-order chi connectivity index (χ0) is 16.1. The van der Waals surface area contributed by atoms with E-state index in [9.17, 15) is 0 Å². The maximum Gasteiger partial charge on any atom is 0.0745 e. The van der Waals surface area contributed by atoms with Crippen molar-refractivity contribution in [3.8, 4) is 11.8 Å². The first-order chi connectivity index (χ1) is 11.3. The quantitative estimate of drug-likeness (QED) is 0.267. The fourth-order valence-corrected chi connectivity index (χ4v) is 2.68. The Balaban J connectivity index is 1.90. The predicted molar refractivity (Wildman–Crippen MR) is 104 cm³/mol. The van der Waals surface area contributed by atoms with Crippen molar-refractivity contribution in [1.29, 1.82) is 0 Å². The van der Waals surface area contributed by atoms with E-state index < -0.39 is 0 Å². The Hall–Kier alpha value is -2.29. The average Bonchev–Trinajstić information content (AvgIpc) is 2.60. The van der Waals surface area contributed by atoms with E-state index in [-0.39, 0.29) is 0 Å². The number of hydrogen-bond donors (Lipinski definition) is 0. The van der Waals surface area contributed by atoms with Crippen LogP contribution in [0.3, 0.4) is 0 Å². The molecule has 3 aromatic rings. The van der Waals surface area contributed by atoms with Crippen LogP contribution < -0.4 is 0 Å². The van der Waals surface area contributed by atoms with Crippen molar-refractivity contribution >= 4 is 43.1 Å². The van der Waals surface area contributed by atoms with Crippen molar-refractivity contribution < 1.29 is 0 Å². The zero-order valence-corrected chi connectivity index (χ0v) is 14.4. The number of thiocarbonyl (C=S) groups is 1. The molecule has 3 aromatic carbocycles. The Morgan fingerprint density at radius 1 is 0.826 bits per heavy atom. The smallest absolute Gasteiger partial charge is 0.0745 e. The Kier molecular flexibility index (Phi) is 4.96. The van der Waals surface area contributed by atoms with E-state index in [0.29, 0.717) is 0 Å². The lowest BCUT2D eigenvalue weighted by Gasteiger charge is -2.00. The van der Waals surface area contributed by atoms with E-state index >= 15 is 0 Å². The molecule has 0 aromatic heterocycles. The van der Waals surface area contributed by atoms with Crippen LogP contribution >= 0.6 is 21.5 Å². The summed E-state index contributed by atoms with van der Waals surface area (Å²) in [4.78, 5) is 4.00. The summed E-state index contributed by atoms with van der Waals surface area (Å²) in [7, 11) is 2.73. The molecule has 1 atom stereocenters. The van der Waals surface area contributed by atoms with Crippen molar-refractivity contribution in [3.63, 3.8) is 0 Å². The number of hydrogen-bond acceptors (Lipinski definition) is 2. The summed E-state index contributed by atoms with van der Waals surface area (Å²) in [6.07, 6.45) is 0.966. The van der Waals surface area contributed by atoms with Crippen molar-refractivity contribution in [2.45, 2.75) is 6.16 Å². The number of fused-ring (bicyclic) bond motifs is 1. The summed E-state index contributed by atoms with van der Waals surface area (Å²) in [6, 6.07) is 20.4. The summed E-state index contributed by atoms with van der Waals surface area (Å²) < 4.78 is 0. The molecule has 0 aliphatic carbocycles. The number of rotatable bonds is 2. The molecule has 0 radical (unpaired) electrons. The summed E-state index contributed by atoms with van der Waals surface area (Å²) in [5, 5.41) is 4.65. The van der Waals surface area contributed by atoms with Crippen molar-refractivity contribution in [2.24, 2.45) is 4.99 Å². The van der Waals surface area contributed by atoms with Gasteiger partial charge in [0, 0.05) is 11.1 Å². The molecule has 0 fully saturated rings. The van der Waals surface area contributed by atoms with Crippen molar-refractivity contribution in [3.05, 3.63) is 77.4 Å². The van der Waals surface area contributed by atoms with Gasteiger partial charge < -0.3 is 0 Å². The first kappa shape index (κ1) is 15.6. The van der Waals surface area contributed by atoms with Gasteiger partial charge in [-0.2, -0.15) is 4.99 Å². The minimum atomic E-state index is 0.820. The maximum absolute atomic E-state index is 4.64. The van der Waals surface area contributed by atoms with Crippen LogP contribution in [0.25, 0.3) is 10.8 Å². The van der Waals surface area contributed by atoms with Crippen molar-refractivity contribution in [2.75, 3.05) is 0 Å². The summed E-state index contributed by atoms with van der Waals surface area (Å²) in [5.41, 5.74) is 4.14. The highest BCUT2D eigenvalue weighted by molar-refractivity contribution is 7.78. The van der Waals surface area contributed by atoms with Crippen LogP contribution in [-0.4, -0.2) is 5.16 Å². The van der Waals surface area contributed by atoms with Crippen LogP contribution in [0.2, 0.25) is 0 Å². The van der Waals surface area contributed by atoms with Gasteiger partial charge in [-0.15, -0.1) is 9.24 Å². The van der Waals surface area contributed by atoms with E-state index in [2.05, 4.69) is 79.9 Å². The normalized spacial score (nSPS) is 9.78. The number of nitrogens with zero attached hydrogens (tertiary/aromatic N) is 1. The second-order valence-corrected chi connectivity index (χ2v) is 5.69. The molecule has 1 nitrogen and oxygen atoms in total. The van der Waals surface area contributed by atoms with E-state index in [1.807, 2.05) is 24.3 Å². The molecule has 0 saturated heterocycles. The molecule has 0 spiro atoms. The van der Waals surface area contributed by atoms with Gasteiger partial charge in [-0.3, -0.25) is 0 Å². The third-order valence-corrected chi connectivity index (χ3v) is 4.10. The lowest BCUT2D eigenvalue weighted by Crippen LogP contribution is -1.80. The molecule has 0 heterocycles. The van der Waals surface area contributed by atoms with Gasteiger partial charge in [-0.05, 0) is 71.1 Å². The average molecular weight is 331 g/mol. The van der Waals surface area contributed by atoms with Gasteiger partial charge >= 0.3 is 0 Å². The van der Waals surface area contributed by atoms with E-state index in [4.69, 9.17) is 0 Å². The number of isothiocyanates is 1. The first-order valence-corrected chi connectivity index (χ1v) is 8.44. The van der Waals surface area contributed by atoms with Crippen LogP contribution in [0.4, 0.5) is 5.69 Å². The number of benzene rings is 3. The molecule has 0 saturated carbocycles. The molecule has 23 heavy (non-hydrogen) atoms. The largest absolute Gasteiger partial charge is 0.195 e. The molecule has 0 bridgehead atoms. The molecule has 3 heteroatoms. The molecule has 1 unspecified atom stereocenters. The monoisotopic (exact) mass is 331 g/mol. The summed E-state index contributed by atoms with van der Waals surface area (Å²) in [5.74, 6) is 6.43. The Morgan fingerprint density at radius 2 is 1.48 bits per heavy atom. The highest BCUT2D eigenvalue weighted by Gasteiger charge is 1.97. The van der Waals surface area contributed by atoms with Gasteiger partial charge in [0.1, 0.15) is 0 Å². The van der Waals surface area contributed by atoms with Crippen LogP contribution in [0.15, 0.2) is 65.7 Å². The highest BCUT2D eigenvalue weighted by atomic mass is 32.1. The van der Waals surface area contributed by atoms with Gasteiger partial charge in [-0.1, -0.05) is 36.1 Å². The van der Waals surface area contributed by atoms with Gasteiger partial charge in [0.05, 0.1) is 10.8 Å². The molecule has 3 rings (SSSR count). The van der Waals surface area contributed by atoms with Gasteiger partial charge in [0.15, 0.2) is 0 Å². The van der Waals surface area contributed by atoms with Gasteiger partial charge in [0.2, 0.25) is 0 Å². The fraction of sp³-hybridized carbons (Fsp3) is 0.0500. The lowest BCUT2D eigenvalue weighted by molar-refractivity contribution is 1.41. The summed E-state index contributed by atoms with van der Waals surface area (Å²) in [6.45, 7) is 0. The minimum Gasteiger partial charge on any atom is -0.195 e. The molecular weight excluding hydrogens is 317 g/mol. The molecule has 0 aliphatic heterocycles. The fourth-order valence-electron chi connectivity index (χ4n) is 2.30. The minimum absolute atomic E-state index is 0.820. The van der Waals surface area contributed by atoms with Crippen LogP contribution in [-0.2, 0) is 6.16 Å². The third-order valence-electron chi connectivity index (χ3n) is 3.54. The number of aliphatic imine (C=N–C) groups is 1. The van der Waals surface area contributed by atoms with Crippen LogP contribution in [0.1, 0.15) is 16.7 Å². The zero-order valence-electron chi connectivity index (χ0n) is 12.4. The van der Waals surface area contributed by atoms with Crippen molar-refractivity contribution in [1.82, 2.24) is 0 Å². The Labute approximate surface area is 143 Å². The standard InChI is InChI=1S/C20H14NPS/c22-13-17-5-2-15(3-6-17)1-4-16-7-8-19-12-20(21-14-23)10-9-18(19)11-16/h2-3,5-12H,13,22H2. The molecule has 0 N–H and O–H groups in total. The van der Waals surface area contributed by atoms with E-state index in [1.54, 1.807) is 0 Å². The van der Waals surface area contributed by atoms with Gasteiger partial charge in [0.25, 0.3) is 0 Å². The second kappa shape index (κ2) is 7.32. The maximum atomic E-state index is 4.64. The Morgan fingerprint density at radius 3 is 2.22 bits per heavy atom. The SMILES string of the molecule is PCc1ccc(C#Cc2ccc3cc(N=C=S)ccc3c2)cc1. The third kappa shape index (κ3) is 3.92.